The molecule has 1 N–H and O–H groups in total. The first-order chi connectivity index (χ1) is 10.2. The number of thiazole rings is 1. The molecule has 0 fully saturated rings. The number of hydrogen-bond acceptors (Lipinski definition) is 4. The molecular formula is C16H10N2O2S. The number of benzene rings is 2. The molecule has 0 spiro atoms. The lowest BCUT2D eigenvalue weighted by Gasteiger charge is -1.92. The van der Waals surface area contributed by atoms with Crippen LogP contribution in [0.4, 0.5) is 0 Å². The van der Waals surface area contributed by atoms with Crippen LogP contribution in [0.1, 0.15) is 5.56 Å². The van der Waals surface area contributed by atoms with E-state index in [1.807, 2.05) is 30.3 Å². The average molecular weight is 294 g/mol. The molecule has 2 aromatic carbocycles. The van der Waals surface area contributed by atoms with E-state index in [1.54, 1.807) is 28.7 Å². The van der Waals surface area contributed by atoms with Crippen molar-refractivity contribution in [1.29, 1.82) is 0 Å². The highest BCUT2D eigenvalue weighted by molar-refractivity contribution is 7.15. The van der Waals surface area contributed by atoms with E-state index in [-0.39, 0.29) is 11.3 Å². The van der Waals surface area contributed by atoms with Gasteiger partial charge in [0.2, 0.25) is 0 Å². The molecule has 4 rings (SSSR count). The summed E-state index contributed by atoms with van der Waals surface area (Å²) in [5.74, 6) is 0.210. The van der Waals surface area contributed by atoms with Gasteiger partial charge in [0.05, 0.1) is 15.6 Å². The molecule has 0 aliphatic carbocycles. The van der Waals surface area contributed by atoms with Gasteiger partial charge in [0.25, 0.3) is 5.56 Å². The Balaban J connectivity index is 2.00. The van der Waals surface area contributed by atoms with Gasteiger partial charge in [-0.15, -0.1) is 0 Å². The molecule has 0 atom stereocenters. The van der Waals surface area contributed by atoms with E-state index in [2.05, 4.69) is 4.98 Å². The monoisotopic (exact) mass is 294 g/mol. The van der Waals surface area contributed by atoms with Gasteiger partial charge in [-0.2, -0.15) is 0 Å². The molecule has 2 heterocycles. The van der Waals surface area contributed by atoms with Crippen LogP contribution in [0, 0.1) is 0 Å². The maximum atomic E-state index is 12.5. The lowest BCUT2D eigenvalue weighted by Crippen LogP contribution is -2.22. The van der Waals surface area contributed by atoms with Crippen LogP contribution in [0.5, 0.6) is 5.75 Å². The molecular weight excluding hydrogens is 284 g/mol. The maximum Gasteiger partial charge on any atom is 0.274 e. The van der Waals surface area contributed by atoms with Crippen molar-refractivity contribution in [2.45, 2.75) is 0 Å². The zero-order valence-corrected chi connectivity index (χ0v) is 11.7. The molecule has 0 aliphatic rings. The Morgan fingerprint density at radius 3 is 2.67 bits per heavy atom. The highest BCUT2D eigenvalue weighted by Crippen LogP contribution is 2.16. The van der Waals surface area contributed by atoms with Crippen LogP contribution >= 0.6 is 11.3 Å². The molecule has 4 aromatic rings. The van der Waals surface area contributed by atoms with Crippen LogP contribution < -0.4 is 10.1 Å². The first-order valence-corrected chi connectivity index (χ1v) is 7.25. The number of rotatable bonds is 1. The van der Waals surface area contributed by atoms with Crippen molar-refractivity contribution in [3.05, 3.63) is 69.0 Å². The average Bonchev–Trinajstić information content (AvgIpc) is 2.99. The number of hydrogen-bond donors (Lipinski definition) is 1. The maximum absolute atomic E-state index is 12.5. The number of phenolic OH excluding ortho intramolecular Hbond substituents is 1. The van der Waals surface area contributed by atoms with Crippen molar-refractivity contribution >= 4 is 33.4 Å². The summed E-state index contributed by atoms with van der Waals surface area (Å²) in [5, 5.41) is 9.29. The topological polar surface area (TPSA) is 54.6 Å². The van der Waals surface area contributed by atoms with Gasteiger partial charge in [-0.3, -0.25) is 4.79 Å². The summed E-state index contributed by atoms with van der Waals surface area (Å²) >= 11 is 1.37. The first-order valence-electron chi connectivity index (χ1n) is 6.43. The third kappa shape index (κ3) is 1.90. The summed E-state index contributed by atoms with van der Waals surface area (Å²) in [4.78, 5) is 17.7. The van der Waals surface area contributed by atoms with Crippen LogP contribution in [-0.4, -0.2) is 14.5 Å². The molecule has 5 heteroatoms. The van der Waals surface area contributed by atoms with Crippen LogP contribution in [0.3, 0.4) is 0 Å². The van der Waals surface area contributed by atoms with Gasteiger partial charge < -0.3 is 5.11 Å². The van der Waals surface area contributed by atoms with Crippen LogP contribution in [0.15, 0.2) is 53.3 Å². The Labute approximate surface area is 123 Å². The number of aromatic hydroxyl groups is 1. The van der Waals surface area contributed by atoms with Crippen molar-refractivity contribution in [3.63, 3.8) is 0 Å². The first kappa shape index (κ1) is 12.1. The van der Waals surface area contributed by atoms with Gasteiger partial charge in [0.15, 0.2) is 4.96 Å². The predicted molar refractivity (Wildman–Crippen MR) is 83.7 cm³/mol. The van der Waals surface area contributed by atoms with Crippen molar-refractivity contribution < 1.29 is 5.11 Å². The summed E-state index contributed by atoms with van der Waals surface area (Å²) in [6.45, 7) is 0. The summed E-state index contributed by atoms with van der Waals surface area (Å²) in [7, 11) is 0. The number of fused-ring (bicyclic) bond motifs is 3. The van der Waals surface area contributed by atoms with E-state index in [0.717, 1.165) is 16.6 Å². The minimum atomic E-state index is -0.0585. The van der Waals surface area contributed by atoms with E-state index in [1.165, 1.54) is 11.3 Å². The Kier molecular flexibility index (Phi) is 2.55. The van der Waals surface area contributed by atoms with Gasteiger partial charge in [-0.25, -0.2) is 9.38 Å². The largest absolute Gasteiger partial charge is 0.508 e. The van der Waals surface area contributed by atoms with Crippen molar-refractivity contribution in [3.8, 4) is 5.75 Å². The van der Waals surface area contributed by atoms with E-state index in [9.17, 15) is 9.90 Å². The van der Waals surface area contributed by atoms with Gasteiger partial charge in [-0.1, -0.05) is 35.6 Å². The van der Waals surface area contributed by atoms with Gasteiger partial charge in [-0.05, 0) is 35.9 Å². The van der Waals surface area contributed by atoms with E-state index in [4.69, 9.17) is 0 Å². The molecule has 102 valence electrons. The van der Waals surface area contributed by atoms with E-state index in [0.29, 0.717) is 9.49 Å². The fraction of sp³-hybridized carbons (Fsp3) is 0. The number of phenols is 1. The summed E-state index contributed by atoms with van der Waals surface area (Å²) in [6.07, 6.45) is 1.82. The second kappa shape index (κ2) is 4.43. The molecule has 0 radical (unpaired) electrons. The highest BCUT2D eigenvalue weighted by atomic mass is 32.1. The summed E-state index contributed by atoms with van der Waals surface area (Å²) in [6, 6.07) is 14.4. The minimum Gasteiger partial charge on any atom is -0.508 e. The van der Waals surface area contributed by atoms with Crippen LogP contribution in [-0.2, 0) is 0 Å². The SMILES string of the molecule is O=c1/c(=C\c2ccc(O)cc2)sc2nc3ccccc3n12. The van der Waals surface area contributed by atoms with Crippen LogP contribution in [0.2, 0.25) is 0 Å². The predicted octanol–water partition coefficient (Wildman–Crippen LogP) is 2.16. The van der Waals surface area contributed by atoms with Gasteiger partial charge in [0.1, 0.15) is 5.75 Å². The lowest BCUT2D eigenvalue weighted by molar-refractivity contribution is 0.475. The Morgan fingerprint density at radius 1 is 1.10 bits per heavy atom. The number of nitrogens with zero attached hydrogens (tertiary/aromatic N) is 2. The zero-order chi connectivity index (χ0) is 14.4. The molecule has 0 saturated carbocycles. The molecule has 21 heavy (non-hydrogen) atoms. The lowest BCUT2D eigenvalue weighted by atomic mass is 10.2. The van der Waals surface area contributed by atoms with Gasteiger partial charge in [0, 0.05) is 0 Å². The van der Waals surface area contributed by atoms with Crippen molar-refractivity contribution in [1.82, 2.24) is 9.38 Å². The number of imidazole rings is 1. The standard InChI is InChI=1S/C16H10N2O2S/c19-11-7-5-10(6-8-11)9-14-15(20)18-13-4-2-1-3-12(13)17-16(18)21-14/h1-9,19H/b14-9+. The second-order valence-corrected chi connectivity index (χ2v) is 5.73. The Morgan fingerprint density at radius 2 is 1.86 bits per heavy atom. The number of para-hydroxylation sites is 2. The Hall–Kier alpha value is -2.66. The fourth-order valence-corrected chi connectivity index (χ4v) is 3.32. The van der Waals surface area contributed by atoms with E-state index >= 15 is 0 Å². The van der Waals surface area contributed by atoms with E-state index < -0.39 is 0 Å². The Bertz CT molecular complexity index is 1060. The third-order valence-electron chi connectivity index (χ3n) is 3.34. The number of aromatic nitrogens is 2. The normalized spacial score (nSPS) is 12.5. The van der Waals surface area contributed by atoms with Crippen LogP contribution in [0.25, 0.3) is 22.1 Å². The minimum absolute atomic E-state index is 0.0585. The summed E-state index contributed by atoms with van der Waals surface area (Å²) < 4.78 is 2.28. The molecule has 4 nitrogen and oxygen atoms in total. The van der Waals surface area contributed by atoms with Crippen molar-refractivity contribution in [2.24, 2.45) is 0 Å². The van der Waals surface area contributed by atoms with Gasteiger partial charge >= 0.3 is 0 Å². The zero-order valence-electron chi connectivity index (χ0n) is 10.9. The third-order valence-corrected chi connectivity index (χ3v) is 4.30. The molecule has 0 saturated heterocycles. The van der Waals surface area contributed by atoms with Crippen molar-refractivity contribution in [2.75, 3.05) is 0 Å². The quantitative estimate of drug-likeness (QED) is 0.585. The summed E-state index contributed by atoms with van der Waals surface area (Å²) in [5.41, 5.74) is 2.48. The molecule has 0 bridgehead atoms. The molecule has 2 aromatic heterocycles. The second-order valence-electron chi connectivity index (χ2n) is 4.73. The fourth-order valence-electron chi connectivity index (χ4n) is 2.33. The highest BCUT2D eigenvalue weighted by Gasteiger charge is 2.10. The molecule has 0 amide bonds. The molecule has 0 aliphatic heterocycles. The smallest absolute Gasteiger partial charge is 0.274 e. The molecule has 0 unspecified atom stereocenters.